The van der Waals surface area contributed by atoms with E-state index in [0.717, 1.165) is 0 Å². The van der Waals surface area contributed by atoms with Gasteiger partial charge in [-0.25, -0.2) is 8.42 Å². The summed E-state index contributed by atoms with van der Waals surface area (Å²) in [5.74, 6) is 0. The highest BCUT2D eigenvalue weighted by atomic mass is 80.0. The molecule has 2 rings (SSSR count). The number of halogens is 6. The molecule has 0 aliphatic rings. The maximum absolute atomic E-state index is 13.0. The van der Waals surface area contributed by atoms with Gasteiger partial charge in [0.15, 0.2) is 4.29 Å². The molecule has 11 heteroatoms. The summed E-state index contributed by atoms with van der Waals surface area (Å²) < 4.78 is 24.4. The maximum atomic E-state index is 13.0. The van der Waals surface area contributed by atoms with Gasteiger partial charge in [-0.1, -0.05) is 95.6 Å². The van der Waals surface area contributed by atoms with Gasteiger partial charge in [0.2, 0.25) is 9.84 Å². The topological polar surface area (TPSA) is 86.2 Å². The van der Waals surface area contributed by atoms with Crippen molar-refractivity contribution in [1.29, 1.82) is 0 Å². The molecule has 0 spiro atoms. The first-order valence-electron chi connectivity index (χ1n) is 6.43. The average Bonchev–Trinajstić information content (AvgIpc) is 2.45. The molecule has 0 saturated heterocycles. The fourth-order valence-corrected chi connectivity index (χ4v) is 5.40. The second-order valence-electron chi connectivity index (χ2n) is 5.00. The van der Waals surface area contributed by atoms with E-state index in [2.05, 4.69) is 95.6 Å². The van der Waals surface area contributed by atoms with Gasteiger partial charge in [-0.3, -0.25) is 0 Å². The van der Waals surface area contributed by atoms with Crippen molar-refractivity contribution in [2.24, 2.45) is 0 Å². The molecule has 2 aromatic rings. The van der Waals surface area contributed by atoms with E-state index in [9.17, 15) is 8.42 Å². The SMILES string of the molecule is Nc1ccc(S(=O)(=O)c2ccc(N)c(C(Br)(Br)Br)c2)cc1C(Br)(Br)Br. The minimum Gasteiger partial charge on any atom is -0.398 e. The van der Waals surface area contributed by atoms with Gasteiger partial charge in [-0.15, -0.1) is 0 Å². The van der Waals surface area contributed by atoms with Gasteiger partial charge in [-0.05, 0) is 36.4 Å². The molecule has 0 aromatic heterocycles. The number of hydrogen-bond donors (Lipinski definition) is 2. The van der Waals surface area contributed by atoms with Gasteiger partial charge in [0.1, 0.15) is 0 Å². The Balaban J connectivity index is 2.65. The van der Waals surface area contributed by atoms with Crippen LogP contribution in [-0.2, 0) is 14.1 Å². The van der Waals surface area contributed by atoms with Crippen LogP contribution >= 0.6 is 95.6 Å². The highest BCUT2D eigenvalue weighted by molar-refractivity contribution is 9.39. The third kappa shape index (κ3) is 5.03. The Kier molecular flexibility index (Phi) is 6.84. The van der Waals surface area contributed by atoms with Gasteiger partial charge < -0.3 is 11.5 Å². The first-order valence-corrected chi connectivity index (χ1v) is 12.7. The summed E-state index contributed by atoms with van der Waals surface area (Å²) in [5.41, 5.74) is 13.8. The molecule has 0 radical (unpaired) electrons. The van der Waals surface area contributed by atoms with E-state index < -0.39 is 14.1 Å². The molecule has 0 unspecified atom stereocenters. The summed E-state index contributed by atoms with van der Waals surface area (Å²) in [6.07, 6.45) is 0. The van der Waals surface area contributed by atoms with Crippen LogP contribution in [0.25, 0.3) is 0 Å². The molecule has 136 valence electrons. The summed E-state index contributed by atoms with van der Waals surface area (Å²) in [6, 6.07) is 9.02. The Hall–Kier alpha value is 0.870. The Morgan fingerprint density at radius 2 is 1.00 bits per heavy atom. The van der Waals surface area contributed by atoms with Crippen LogP contribution in [0, 0.1) is 0 Å². The Morgan fingerprint density at radius 3 is 1.28 bits per heavy atom. The molecule has 0 aliphatic carbocycles. The lowest BCUT2D eigenvalue weighted by Gasteiger charge is -2.18. The Labute approximate surface area is 196 Å². The zero-order valence-corrected chi connectivity index (χ0v) is 22.4. The molecule has 0 bridgehead atoms. The van der Waals surface area contributed by atoms with Crippen molar-refractivity contribution in [1.82, 2.24) is 0 Å². The first-order chi connectivity index (χ1) is 11.2. The van der Waals surface area contributed by atoms with E-state index in [-0.39, 0.29) is 9.79 Å². The lowest BCUT2D eigenvalue weighted by molar-refractivity contribution is 0.596. The van der Waals surface area contributed by atoms with Gasteiger partial charge in [-0.2, -0.15) is 0 Å². The minimum absolute atomic E-state index is 0.111. The number of benzene rings is 2. The summed E-state index contributed by atoms with van der Waals surface area (Å²) in [5, 5.41) is 0. The van der Waals surface area contributed by atoms with Gasteiger partial charge in [0.25, 0.3) is 0 Å². The van der Waals surface area contributed by atoms with Crippen LogP contribution < -0.4 is 11.5 Å². The molecule has 0 amide bonds. The fourth-order valence-electron chi connectivity index (χ4n) is 2.03. The maximum Gasteiger partial charge on any atom is 0.206 e. The quantitative estimate of drug-likeness (QED) is 0.280. The van der Waals surface area contributed by atoms with Crippen LogP contribution in [-0.4, -0.2) is 8.42 Å². The number of rotatable bonds is 2. The molecule has 0 aliphatic heterocycles. The highest BCUT2D eigenvalue weighted by Gasteiger charge is 2.29. The molecule has 25 heavy (non-hydrogen) atoms. The lowest BCUT2D eigenvalue weighted by Crippen LogP contribution is -2.10. The van der Waals surface area contributed by atoms with Crippen LogP contribution in [0.3, 0.4) is 0 Å². The zero-order chi connectivity index (χ0) is 19.2. The first kappa shape index (κ1) is 22.2. The molecule has 4 nitrogen and oxygen atoms in total. The number of nitrogens with two attached hydrogens (primary N) is 2. The lowest BCUT2D eigenvalue weighted by atomic mass is 10.2. The largest absolute Gasteiger partial charge is 0.398 e. The van der Waals surface area contributed by atoms with E-state index in [1.165, 1.54) is 24.3 Å². The summed E-state index contributed by atoms with van der Waals surface area (Å²) in [7, 11) is -3.77. The average molecular weight is 750 g/mol. The smallest absolute Gasteiger partial charge is 0.206 e. The molecule has 0 atom stereocenters. The zero-order valence-electron chi connectivity index (χ0n) is 12.1. The minimum atomic E-state index is -3.77. The second-order valence-corrected chi connectivity index (χ2v) is 20.5. The van der Waals surface area contributed by atoms with Crippen LogP contribution in [0.15, 0.2) is 46.2 Å². The molecule has 0 saturated carbocycles. The van der Waals surface area contributed by atoms with Crippen LogP contribution in [0.2, 0.25) is 0 Å². The molecule has 4 N–H and O–H groups in total. The third-order valence-electron chi connectivity index (χ3n) is 3.28. The van der Waals surface area contributed by atoms with Crippen molar-refractivity contribution in [2.75, 3.05) is 11.5 Å². The van der Waals surface area contributed by atoms with E-state index in [0.29, 0.717) is 22.5 Å². The molecule has 2 aromatic carbocycles. The van der Waals surface area contributed by atoms with E-state index in [4.69, 9.17) is 11.5 Å². The van der Waals surface area contributed by atoms with Gasteiger partial charge in [0.05, 0.1) is 9.79 Å². The molecule has 0 heterocycles. The van der Waals surface area contributed by atoms with Crippen molar-refractivity contribution >= 4 is 117 Å². The monoisotopic (exact) mass is 744 g/mol. The van der Waals surface area contributed by atoms with Crippen molar-refractivity contribution < 1.29 is 8.42 Å². The second kappa shape index (κ2) is 7.71. The Morgan fingerprint density at radius 1 is 0.680 bits per heavy atom. The van der Waals surface area contributed by atoms with E-state index in [1.807, 2.05) is 0 Å². The third-order valence-corrected chi connectivity index (χ3v) is 7.59. The summed E-state index contributed by atoms with van der Waals surface area (Å²) in [4.78, 5) is 0.221. The molecular formula is C14H10Br6N2O2S. The normalized spacial score (nSPS) is 13.0. The predicted octanol–water partition coefficient (Wildman–Crippen LogP) is 6.27. The summed E-state index contributed by atoms with van der Waals surface area (Å²) >= 11 is 20.2. The highest BCUT2D eigenvalue weighted by Crippen LogP contribution is 2.49. The number of anilines is 2. The fraction of sp³-hybridized carbons (Fsp3) is 0.143. The summed E-state index contributed by atoms with van der Waals surface area (Å²) in [6.45, 7) is 0. The van der Waals surface area contributed by atoms with Crippen LogP contribution in [0.1, 0.15) is 11.1 Å². The molecule has 0 fully saturated rings. The van der Waals surface area contributed by atoms with Crippen LogP contribution in [0.5, 0.6) is 0 Å². The number of alkyl halides is 6. The van der Waals surface area contributed by atoms with Crippen molar-refractivity contribution in [2.45, 2.75) is 14.1 Å². The number of nitrogen functional groups attached to an aromatic ring is 2. The predicted molar refractivity (Wildman–Crippen MR) is 124 cm³/mol. The number of hydrogen-bond acceptors (Lipinski definition) is 4. The van der Waals surface area contributed by atoms with Gasteiger partial charge in [0, 0.05) is 22.5 Å². The van der Waals surface area contributed by atoms with Crippen molar-refractivity contribution in [3.05, 3.63) is 47.5 Å². The van der Waals surface area contributed by atoms with Crippen molar-refractivity contribution in [3.63, 3.8) is 0 Å². The van der Waals surface area contributed by atoms with E-state index >= 15 is 0 Å². The number of sulfone groups is 1. The van der Waals surface area contributed by atoms with E-state index in [1.54, 1.807) is 12.1 Å². The van der Waals surface area contributed by atoms with Crippen LogP contribution in [0.4, 0.5) is 11.4 Å². The van der Waals surface area contributed by atoms with Crippen molar-refractivity contribution in [3.8, 4) is 0 Å². The standard InChI is InChI=1S/C14H10Br6N2O2S/c15-13(16,17)9-5-7(1-3-11(9)21)25(23,24)8-2-4-12(22)10(6-8)14(18,19)20/h1-6H,21-22H2. The van der Waals surface area contributed by atoms with Gasteiger partial charge >= 0.3 is 0 Å². The Bertz CT molecular complexity index is 850. The molecular weight excluding hydrogens is 740 g/mol.